The second-order valence-electron chi connectivity index (χ2n) is 6.36. The molecule has 2 heterocycles. The molecule has 22 heavy (non-hydrogen) atoms. The van der Waals surface area contributed by atoms with Crippen LogP contribution in [-0.4, -0.2) is 35.5 Å². The number of aromatic nitrogens is 2. The first-order valence-corrected chi connectivity index (χ1v) is 7.93. The molecule has 5 heteroatoms. The van der Waals surface area contributed by atoms with Gasteiger partial charge in [0, 0.05) is 5.56 Å². The Morgan fingerprint density at radius 1 is 1.09 bits per heavy atom. The van der Waals surface area contributed by atoms with E-state index < -0.39 is 0 Å². The topological polar surface area (TPSA) is 52.6 Å². The molecule has 1 aliphatic heterocycles. The number of benzene rings is 1. The van der Waals surface area contributed by atoms with Gasteiger partial charge in [0.05, 0.1) is 0 Å². The summed E-state index contributed by atoms with van der Waals surface area (Å²) in [5.41, 5.74) is 2.19. The highest BCUT2D eigenvalue weighted by molar-refractivity contribution is 5.52. The Morgan fingerprint density at radius 2 is 1.73 bits per heavy atom. The van der Waals surface area contributed by atoms with Gasteiger partial charge in [0.15, 0.2) is 6.04 Å². The Kier molecular flexibility index (Phi) is 4.27. The van der Waals surface area contributed by atoms with E-state index in [1.165, 1.54) is 10.5 Å². The Labute approximate surface area is 131 Å². The third kappa shape index (κ3) is 3.20. The van der Waals surface area contributed by atoms with Gasteiger partial charge >= 0.3 is 0 Å². The smallest absolute Gasteiger partial charge is 0.274 e. The minimum Gasteiger partial charge on any atom is -0.415 e. The summed E-state index contributed by atoms with van der Waals surface area (Å²) in [6, 6.07) is 8.32. The van der Waals surface area contributed by atoms with Crippen molar-refractivity contribution in [2.45, 2.75) is 45.9 Å². The number of hydrogen-bond donors (Lipinski definition) is 1. The van der Waals surface area contributed by atoms with E-state index in [0.29, 0.717) is 11.8 Å². The molecule has 1 N–H and O–H groups in total. The van der Waals surface area contributed by atoms with E-state index in [2.05, 4.69) is 50.0 Å². The Balaban J connectivity index is 1.76. The van der Waals surface area contributed by atoms with Gasteiger partial charge in [-0.3, -0.25) is 0 Å². The van der Waals surface area contributed by atoms with Gasteiger partial charge in [0.25, 0.3) is 5.89 Å². The first-order valence-electron chi connectivity index (χ1n) is 7.93. The number of aryl methyl sites for hydroxylation is 1. The fourth-order valence-corrected chi connectivity index (χ4v) is 3.07. The molecule has 1 aromatic heterocycles. The van der Waals surface area contributed by atoms with Gasteiger partial charge in [-0.25, -0.2) is 0 Å². The third-order valence-electron chi connectivity index (χ3n) is 4.29. The lowest BCUT2D eigenvalue weighted by Gasteiger charge is -2.34. The number of ether oxygens (including phenoxy) is 1. The molecule has 1 aliphatic rings. The van der Waals surface area contributed by atoms with E-state index >= 15 is 0 Å². The Hall–Kier alpha value is -1.72. The van der Waals surface area contributed by atoms with E-state index in [9.17, 15) is 0 Å². The van der Waals surface area contributed by atoms with Gasteiger partial charge in [0.2, 0.25) is 5.89 Å². The molecule has 0 unspecified atom stereocenters. The van der Waals surface area contributed by atoms with E-state index in [4.69, 9.17) is 9.15 Å². The molecule has 3 rings (SSSR count). The van der Waals surface area contributed by atoms with Gasteiger partial charge in [-0.2, -0.15) is 0 Å². The molecule has 0 amide bonds. The fourth-order valence-electron chi connectivity index (χ4n) is 3.07. The number of quaternary nitrogens is 1. The number of morpholine rings is 1. The van der Waals surface area contributed by atoms with E-state index in [0.717, 1.165) is 18.7 Å². The van der Waals surface area contributed by atoms with Crippen LogP contribution in [0.3, 0.4) is 0 Å². The number of nitrogens with one attached hydrogen (secondary N) is 1. The molecule has 0 bridgehead atoms. The minimum absolute atomic E-state index is 0.181. The maximum absolute atomic E-state index is 5.91. The quantitative estimate of drug-likeness (QED) is 0.939. The average Bonchev–Trinajstić information content (AvgIpc) is 2.96. The second-order valence-corrected chi connectivity index (χ2v) is 6.36. The summed E-state index contributed by atoms with van der Waals surface area (Å²) in [7, 11) is 0. The number of nitrogens with zero attached hydrogens (tertiary/aromatic N) is 2. The Bertz CT molecular complexity index is 613. The van der Waals surface area contributed by atoms with Gasteiger partial charge in [-0.1, -0.05) is 17.7 Å². The van der Waals surface area contributed by atoms with Crippen molar-refractivity contribution in [2.75, 3.05) is 13.1 Å². The minimum atomic E-state index is 0.181. The van der Waals surface area contributed by atoms with E-state index in [1.54, 1.807) is 0 Å². The molecule has 0 radical (unpaired) electrons. The molecule has 3 atom stereocenters. The Morgan fingerprint density at radius 3 is 2.36 bits per heavy atom. The molecule has 1 fully saturated rings. The summed E-state index contributed by atoms with van der Waals surface area (Å²) >= 11 is 0. The summed E-state index contributed by atoms with van der Waals surface area (Å²) in [6.45, 7) is 10.4. The number of hydrogen-bond acceptors (Lipinski definition) is 4. The second kappa shape index (κ2) is 6.18. The first-order chi connectivity index (χ1) is 10.5. The molecule has 2 aromatic rings. The van der Waals surface area contributed by atoms with Crippen LogP contribution in [0.1, 0.15) is 38.3 Å². The van der Waals surface area contributed by atoms with Crippen molar-refractivity contribution in [1.82, 2.24) is 10.2 Å². The largest absolute Gasteiger partial charge is 0.415 e. The van der Waals surface area contributed by atoms with Crippen molar-refractivity contribution in [3.05, 3.63) is 35.7 Å². The van der Waals surface area contributed by atoms with Gasteiger partial charge in [-0.05, 0) is 39.8 Å². The van der Waals surface area contributed by atoms with Crippen molar-refractivity contribution < 1.29 is 14.1 Å². The van der Waals surface area contributed by atoms with Crippen LogP contribution in [0.5, 0.6) is 0 Å². The number of rotatable bonds is 3. The van der Waals surface area contributed by atoms with Gasteiger partial charge in [-0.15, -0.1) is 10.2 Å². The van der Waals surface area contributed by atoms with E-state index in [1.807, 2.05) is 12.1 Å². The molecular weight excluding hydrogens is 278 g/mol. The highest BCUT2D eigenvalue weighted by Crippen LogP contribution is 2.20. The summed E-state index contributed by atoms with van der Waals surface area (Å²) < 4.78 is 11.7. The monoisotopic (exact) mass is 302 g/mol. The van der Waals surface area contributed by atoms with Crippen LogP contribution < -0.4 is 4.90 Å². The summed E-state index contributed by atoms with van der Waals surface area (Å²) in [5.74, 6) is 1.29. The molecule has 5 nitrogen and oxygen atoms in total. The zero-order valence-electron chi connectivity index (χ0n) is 13.7. The van der Waals surface area contributed by atoms with Crippen molar-refractivity contribution in [2.24, 2.45) is 0 Å². The van der Waals surface area contributed by atoms with Gasteiger partial charge < -0.3 is 14.1 Å². The van der Waals surface area contributed by atoms with Gasteiger partial charge in [0.1, 0.15) is 25.3 Å². The lowest BCUT2D eigenvalue weighted by molar-refractivity contribution is -0.944. The zero-order valence-corrected chi connectivity index (χ0v) is 13.7. The van der Waals surface area contributed by atoms with Crippen LogP contribution in [0.4, 0.5) is 0 Å². The standard InChI is InChI=1S/C17H23N3O2/c1-11-5-7-15(8-6-11)17-19-18-16(22-17)14(4)20-9-12(2)21-13(3)10-20/h5-8,12-14H,9-10H2,1-4H3/p+1/t12-,13-,14+/m1/s1. The molecule has 0 aliphatic carbocycles. The summed E-state index contributed by atoms with van der Waals surface area (Å²) in [5, 5.41) is 8.47. The highest BCUT2D eigenvalue weighted by Gasteiger charge is 2.32. The van der Waals surface area contributed by atoms with Crippen molar-refractivity contribution in [3.63, 3.8) is 0 Å². The maximum atomic E-state index is 5.91. The highest BCUT2D eigenvalue weighted by atomic mass is 16.5. The average molecular weight is 302 g/mol. The van der Waals surface area contributed by atoms with Crippen LogP contribution >= 0.6 is 0 Å². The predicted octanol–water partition coefficient (Wildman–Crippen LogP) is 1.80. The normalized spacial score (nSPS) is 26.8. The molecule has 0 spiro atoms. The molecule has 1 saturated heterocycles. The summed E-state index contributed by atoms with van der Waals surface area (Å²) in [4.78, 5) is 1.44. The van der Waals surface area contributed by atoms with Crippen LogP contribution in [-0.2, 0) is 4.74 Å². The van der Waals surface area contributed by atoms with E-state index in [-0.39, 0.29) is 18.2 Å². The molecule has 118 valence electrons. The first kappa shape index (κ1) is 15.2. The maximum Gasteiger partial charge on any atom is 0.274 e. The van der Waals surface area contributed by atoms with Crippen LogP contribution in [0, 0.1) is 6.92 Å². The van der Waals surface area contributed by atoms with Crippen molar-refractivity contribution >= 4 is 0 Å². The lowest BCUT2D eigenvalue weighted by atomic mass is 10.1. The molecule has 1 aromatic carbocycles. The van der Waals surface area contributed by atoms with Crippen LogP contribution in [0.15, 0.2) is 28.7 Å². The summed E-state index contributed by atoms with van der Waals surface area (Å²) in [6.07, 6.45) is 0.529. The molecular formula is C17H24N3O2+. The lowest BCUT2D eigenvalue weighted by Crippen LogP contribution is -3.15. The SMILES string of the molecule is Cc1ccc(-c2nnc([C@H](C)[NH+]3C[C@@H](C)O[C@H](C)C3)o2)cc1. The fraction of sp³-hybridized carbons (Fsp3) is 0.529. The predicted molar refractivity (Wildman–Crippen MR) is 83.6 cm³/mol. The van der Waals surface area contributed by atoms with Crippen molar-refractivity contribution in [3.8, 4) is 11.5 Å². The van der Waals surface area contributed by atoms with Crippen LogP contribution in [0.2, 0.25) is 0 Å². The van der Waals surface area contributed by atoms with Crippen LogP contribution in [0.25, 0.3) is 11.5 Å². The molecule has 0 saturated carbocycles. The van der Waals surface area contributed by atoms with Crippen molar-refractivity contribution in [1.29, 1.82) is 0 Å². The zero-order chi connectivity index (χ0) is 15.7. The third-order valence-corrected chi connectivity index (χ3v) is 4.29.